The van der Waals surface area contributed by atoms with E-state index in [1.54, 1.807) is 6.20 Å². The number of rotatable bonds is 5. The van der Waals surface area contributed by atoms with Gasteiger partial charge in [0.1, 0.15) is 5.52 Å². The Bertz CT molecular complexity index is 649. The third-order valence-electron chi connectivity index (χ3n) is 2.55. The maximum absolute atomic E-state index is 10.7. The zero-order chi connectivity index (χ0) is 14.0. The molecule has 2 rings (SSSR count). The van der Waals surface area contributed by atoms with Gasteiger partial charge in [-0.1, -0.05) is 23.9 Å². The summed E-state index contributed by atoms with van der Waals surface area (Å²) < 4.78 is 1.91. The van der Waals surface area contributed by atoms with E-state index in [2.05, 4.69) is 16.5 Å². The fourth-order valence-corrected chi connectivity index (χ4v) is 2.48. The van der Waals surface area contributed by atoms with E-state index in [1.807, 2.05) is 24.5 Å². The molecule has 0 aliphatic rings. The van der Waals surface area contributed by atoms with E-state index < -0.39 is 5.97 Å². The number of hydrogen-bond donors (Lipinski definition) is 1. The first-order valence-corrected chi connectivity index (χ1v) is 6.78. The lowest BCUT2D eigenvalue weighted by Gasteiger charge is -2.06. The zero-order valence-electron chi connectivity index (χ0n) is 10.9. The lowest BCUT2D eigenvalue weighted by Crippen LogP contribution is -2.04. The number of imidazole rings is 1. The van der Waals surface area contributed by atoms with E-state index in [0.717, 1.165) is 22.3 Å². The van der Waals surface area contributed by atoms with Crippen molar-refractivity contribution in [2.45, 2.75) is 25.5 Å². The van der Waals surface area contributed by atoms with Crippen molar-refractivity contribution in [3.05, 3.63) is 30.0 Å². The third-order valence-corrected chi connectivity index (χ3v) is 3.51. The number of aromatic nitrogens is 3. The van der Waals surface area contributed by atoms with Crippen LogP contribution in [0.3, 0.4) is 0 Å². The van der Waals surface area contributed by atoms with E-state index in [-0.39, 0.29) is 5.75 Å². The summed E-state index contributed by atoms with van der Waals surface area (Å²) in [6.45, 7) is 8.38. The Balaban J connectivity index is 2.50. The van der Waals surface area contributed by atoms with Crippen LogP contribution in [-0.4, -0.2) is 31.4 Å². The second-order valence-corrected chi connectivity index (χ2v) is 5.36. The number of thioether (sulfide) groups is 1. The summed E-state index contributed by atoms with van der Waals surface area (Å²) in [5.74, 6) is -0.873. The molecule has 0 aromatic carbocycles. The molecule has 0 saturated heterocycles. The van der Waals surface area contributed by atoms with Crippen LogP contribution in [0.4, 0.5) is 0 Å². The molecule has 0 bridgehead atoms. The van der Waals surface area contributed by atoms with Crippen molar-refractivity contribution >= 4 is 28.9 Å². The molecule has 0 aliphatic heterocycles. The highest BCUT2D eigenvalue weighted by Crippen LogP contribution is 2.25. The number of aliphatic carboxylic acids is 1. The number of hydrogen-bond acceptors (Lipinski definition) is 4. The summed E-state index contributed by atoms with van der Waals surface area (Å²) in [6.07, 6.45) is 1.74. The summed E-state index contributed by atoms with van der Waals surface area (Å²) >= 11 is 1.20. The highest BCUT2D eigenvalue weighted by atomic mass is 32.2. The van der Waals surface area contributed by atoms with E-state index in [4.69, 9.17) is 5.11 Å². The Morgan fingerprint density at radius 2 is 2.32 bits per heavy atom. The van der Waals surface area contributed by atoms with Gasteiger partial charge in [-0.25, -0.2) is 9.97 Å². The van der Waals surface area contributed by atoms with Gasteiger partial charge in [-0.2, -0.15) is 0 Å². The first-order chi connectivity index (χ1) is 8.99. The highest BCUT2D eigenvalue weighted by molar-refractivity contribution is 7.99. The van der Waals surface area contributed by atoms with Crippen molar-refractivity contribution < 1.29 is 9.90 Å². The molecule has 0 unspecified atom stereocenters. The van der Waals surface area contributed by atoms with Crippen molar-refractivity contribution in [1.82, 2.24) is 14.5 Å². The summed E-state index contributed by atoms with van der Waals surface area (Å²) in [7, 11) is 0. The molecule has 5 nitrogen and oxygen atoms in total. The molecule has 2 aromatic heterocycles. The Morgan fingerprint density at radius 1 is 1.58 bits per heavy atom. The molecule has 0 amide bonds. The van der Waals surface area contributed by atoms with Gasteiger partial charge >= 0.3 is 5.97 Å². The Hall–Kier alpha value is -1.82. The minimum Gasteiger partial charge on any atom is -0.481 e. The van der Waals surface area contributed by atoms with Crippen LogP contribution in [0.15, 0.2) is 29.6 Å². The molecule has 0 aliphatic carbocycles. The van der Waals surface area contributed by atoms with Crippen LogP contribution >= 0.6 is 11.8 Å². The third kappa shape index (κ3) is 2.96. The van der Waals surface area contributed by atoms with Crippen LogP contribution in [0.25, 0.3) is 11.2 Å². The van der Waals surface area contributed by atoms with E-state index in [1.165, 1.54) is 11.8 Å². The molecule has 0 spiro atoms. The molecule has 0 radical (unpaired) electrons. The van der Waals surface area contributed by atoms with Crippen LogP contribution in [0, 0.1) is 6.92 Å². The SMILES string of the molecule is C=C(C)Cn1c(SCC(=O)O)nc2c(C)ccnc21. The van der Waals surface area contributed by atoms with Crippen LogP contribution in [0.5, 0.6) is 0 Å². The maximum atomic E-state index is 10.7. The lowest BCUT2D eigenvalue weighted by molar-refractivity contribution is -0.133. The summed E-state index contributed by atoms with van der Waals surface area (Å²) in [5, 5.41) is 9.45. The zero-order valence-corrected chi connectivity index (χ0v) is 11.7. The molecular weight excluding hydrogens is 262 g/mol. The van der Waals surface area contributed by atoms with Crippen molar-refractivity contribution in [2.75, 3.05) is 5.75 Å². The lowest BCUT2D eigenvalue weighted by atomic mass is 10.3. The smallest absolute Gasteiger partial charge is 0.313 e. The molecule has 19 heavy (non-hydrogen) atoms. The second-order valence-electron chi connectivity index (χ2n) is 4.42. The largest absolute Gasteiger partial charge is 0.481 e. The fourth-order valence-electron chi connectivity index (χ4n) is 1.77. The summed E-state index contributed by atoms with van der Waals surface area (Å²) in [5.41, 5.74) is 3.59. The van der Waals surface area contributed by atoms with E-state index in [0.29, 0.717) is 11.7 Å². The number of pyridine rings is 1. The van der Waals surface area contributed by atoms with Gasteiger partial charge in [-0.3, -0.25) is 9.36 Å². The number of fused-ring (bicyclic) bond motifs is 1. The van der Waals surface area contributed by atoms with Gasteiger partial charge in [0.15, 0.2) is 10.8 Å². The molecule has 2 aromatic rings. The van der Waals surface area contributed by atoms with Gasteiger partial charge in [-0.05, 0) is 25.5 Å². The number of carbonyl (C=O) groups is 1. The Morgan fingerprint density at radius 3 is 2.95 bits per heavy atom. The Kier molecular flexibility index (Phi) is 3.90. The highest BCUT2D eigenvalue weighted by Gasteiger charge is 2.14. The normalized spacial score (nSPS) is 10.8. The average molecular weight is 277 g/mol. The van der Waals surface area contributed by atoms with Gasteiger partial charge in [0.05, 0.1) is 5.75 Å². The number of nitrogens with zero attached hydrogens (tertiary/aromatic N) is 3. The second kappa shape index (κ2) is 5.44. The van der Waals surface area contributed by atoms with Crippen LogP contribution in [-0.2, 0) is 11.3 Å². The predicted molar refractivity (Wildman–Crippen MR) is 75.4 cm³/mol. The number of carboxylic acid groups (broad SMARTS) is 1. The van der Waals surface area contributed by atoms with E-state index in [9.17, 15) is 4.79 Å². The molecule has 0 atom stereocenters. The van der Waals surface area contributed by atoms with Crippen LogP contribution in [0.1, 0.15) is 12.5 Å². The van der Waals surface area contributed by atoms with E-state index >= 15 is 0 Å². The maximum Gasteiger partial charge on any atom is 0.313 e. The average Bonchev–Trinajstić information content (AvgIpc) is 2.66. The molecule has 0 fully saturated rings. The molecule has 100 valence electrons. The molecule has 0 saturated carbocycles. The van der Waals surface area contributed by atoms with Crippen LogP contribution < -0.4 is 0 Å². The predicted octanol–water partition coefficient (Wildman–Crippen LogP) is 2.49. The number of allylic oxidation sites excluding steroid dienone is 1. The first kappa shape index (κ1) is 13.6. The minimum absolute atomic E-state index is 0.0153. The van der Waals surface area contributed by atoms with Gasteiger partial charge in [0.25, 0.3) is 0 Å². The number of aryl methyl sites for hydroxylation is 1. The van der Waals surface area contributed by atoms with Crippen LogP contribution in [0.2, 0.25) is 0 Å². The molecule has 2 heterocycles. The summed E-state index contributed by atoms with van der Waals surface area (Å²) in [6, 6.07) is 1.89. The van der Waals surface area contributed by atoms with Gasteiger partial charge in [-0.15, -0.1) is 0 Å². The van der Waals surface area contributed by atoms with Crippen molar-refractivity contribution in [1.29, 1.82) is 0 Å². The Labute approximate surface area is 115 Å². The van der Waals surface area contributed by atoms with Crippen molar-refractivity contribution in [3.8, 4) is 0 Å². The standard InChI is InChI=1S/C13H15N3O2S/c1-8(2)6-16-12-11(9(3)4-5-14-12)15-13(16)19-7-10(17)18/h4-5H,1,6-7H2,2-3H3,(H,17,18). The first-order valence-electron chi connectivity index (χ1n) is 5.80. The molecular formula is C13H15N3O2S. The van der Waals surface area contributed by atoms with Gasteiger partial charge < -0.3 is 5.11 Å². The fraction of sp³-hybridized carbons (Fsp3) is 0.308. The monoisotopic (exact) mass is 277 g/mol. The van der Waals surface area contributed by atoms with Gasteiger partial charge in [0, 0.05) is 12.7 Å². The van der Waals surface area contributed by atoms with Crippen molar-refractivity contribution in [3.63, 3.8) is 0 Å². The molecule has 6 heteroatoms. The number of carboxylic acids is 1. The quantitative estimate of drug-likeness (QED) is 0.671. The topological polar surface area (TPSA) is 68.0 Å². The minimum atomic E-state index is -0.858. The summed E-state index contributed by atoms with van der Waals surface area (Å²) in [4.78, 5) is 19.5. The van der Waals surface area contributed by atoms with Crippen molar-refractivity contribution in [2.24, 2.45) is 0 Å². The van der Waals surface area contributed by atoms with Gasteiger partial charge in [0.2, 0.25) is 0 Å². The molecule has 1 N–H and O–H groups in total.